The molecule has 0 atom stereocenters. The maximum Gasteiger partial charge on any atom is 0.146 e. The van der Waals surface area contributed by atoms with Crippen molar-refractivity contribution in [3.8, 4) is 11.5 Å². The predicted octanol–water partition coefficient (Wildman–Crippen LogP) is 3.40. The number of nitrogens with one attached hydrogen (secondary N) is 1. The maximum absolute atomic E-state index is 9.78. The summed E-state index contributed by atoms with van der Waals surface area (Å²) in [6, 6.07) is 16.6. The van der Waals surface area contributed by atoms with Crippen molar-refractivity contribution in [3.63, 3.8) is 0 Å². The number of phenolic OH excluding ortho intramolecular Hbond substituents is 1. The fourth-order valence-electron chi connectivity index (χ4n) is 2.06. The monoisotopic (exact) mass is 293 g/mol. The van der Waals surface area contributed by atoms with E-state index in [0.29, 0.717) is 17.1 Å². The molecule has 110 valence electrons. The number of nitrogens with zero attached hydrogens (tertiary/aromatic N) is 2. The van der Waals surface area contributed by atoms with Crippen molar-refractivity contribution in [3.05, 3.63) is 60.2 Å². The summed E-state index contributed by atoms with van der Waals surface area (Å²) in [6.45, 7) is 0. The van der Waals surface area contributed by atoms with Gasteiger partial charge in [-0.2, -0.15) is 5.10 Å². The number of pyridine rings is 1. The van der Waals surface area contributed by atoms with Crippen molar-refractivity contribution in [2.24, 2.45) is 5.10 Å². The van der Waals surface area contributed by atoms with Crippen molar-refractivity contribution >= 4 is 22.9 Å². The third-order valence-corrected chi connectivity index (χ3v) is 3.22. The lowest BCUT2D eigenvalue weighted by Gasteiger charge is -2.04. The molecule has 3 rings (SSSR count). The average Bonchev–Trinajstić information content (AvgIpc) is 2.56. The smallest absolute Gasteiger partial charge is 0.146 e. The van der Waals surface area contributed by atoms with Gasteiger partial charge in [0.05, 0.1) is 18.8 Å². The Hall–Kier alpha value is -3.08. The van der Waals surface area contributed by atoms with Gasteiger partial charge in [0.1, 0.15) is 17.3 Å². The Bertz CT molecular complexity index is 831. The molecule has 3 aromatic rings. The standard InChI is InChI=1S/C17H15N3O2/c1-22-14-7-8-16(21)13(10-14)11-18-20-17-9-6-12-4-2-3-5-15(12)19-17/h2-11,21H,1H3,(H,19,20)/b18-11+. The summed E-state index contributed by atoms with van der Waals surface area (Å²) >= 11 is 0. The number of hydrogen-bond acceptors (Lipinski definition) is 5. The third kappa shape index (κ3) is 2.98. The Kier molecular flexibility index (Phi) is 3.87. The normalized spacial score (nSPS) is 11.0. The molecule has 0 bridgehead atoms. The van der Waals surface area contributed by atoms with Gasteiger partial charge in [-0.1, -0.05) is 18.2 Å². The fourth-order valence-corrected chi connectivity index (χ4v) is 2.06. The second-order valence-electron chi connectivity index (χ2n) is 4.68. The van der Waals surface area contributed by atoms with Gasteiger partial charge >= 0.3 is 0 Å². The van der Waals surface area contributed by atoms with E-state index in [4.69, 9.17) is 4.74 Å². The van der Waals surface area contributed by atoms with Crippen molar-refractivity contribution in [2.75, 3.05) is 12.5 Å². The molecule has 0 saturated heterocycles. The Morgan fingerprint density at radius 2 is 2.00 bits per heavy atom. The molecule has 0 unspecified atom stereocenters. The molecule has 0 radical (unpaired) electrons. The van der Waals surface area contributed by atoms with Crippen LogP contribution in [0.15, 0.2) is 59.7 Å². The largest absolute Gasteiger partial charge is 0.507 e. The van der Waals surface area contributed by atoms with Crippen LogP contribution in [0.4, 0.5) is 5.82 Å². The van der Waals surface area contributed by atoms with E-state index in [-0.39, 0.29) is 5.75 Å². The molecule has 0 aliphatic carbocycles. The van der Waals surface area contributed by atoms with Crippen LogP contribution in [0.5, 0.6) is 11.5 Å². The number of phenols is 1. The lowest BCUT2D eigenvalue weighted by atomic mass is 10.2. The molecule has 1 heterocycles. The second-order valence-corrected chi connectivity index (χ2v) is 4.68. The molecule has 5 nitrogen and oxygen atoms in total. The highest BCUT2D eigenvalue weighted by molar-refractivity contribution is 5.85. The van der Waals surface area contributed by atoms with Gasteiger partial charge in [-0.25, -0.2) is 4.98 Å². The zero-order valence-corrected chi connectivity index (χ0v) is 12.0. The molecule has 1 aromatic heterocycles. The van der Waals surface area contributed by atoms with Crippen molar-refractivity contribution in [1.82, 2.24) is 4.98 Å². The summed E-state index contributed by atoms with van der Waals surface area (Å²) in [6.07, 6.45) is 1.52. The van der Waals surface area contributed by atoms with Crippen LogP contribution in [0, 0.1) is 0 Å². The summed E-state index contributed by atoms with van der Waals surface area (Å²) < 4.78 is 5.12. The van der Waals surface area contributed by atoms with E-state index < -0.39 is 0 Å². The van der Waals surface area contributed by atoms with Gasteiger partial charge in [0, 0.05) is 10.9 Å². The molecule has 0 saturated carbocycles. The molecule has 0 amide bonds. The Labute approximate surface area is 127 Å². The number of anilines is 1. The number of methoxy groups -OCH3 is 1. The average molecular weight is 293 g/mol. The van der Waals surface area contributed by atoms with Crippen LogP contribution in [0.3, 0.4) is 0 Å². The van der Waals surface area contributed by atoms with E-state index >= 15 is 0 Å². The minimum atomic E-state index is 0.137. The number of aromatic hydroxyl groups is 1. The van der Waals surface area contributed by atoms with Crippen LogP contribution < -0.4 is 10.2 Å². The number of benzene rings is 2. The number of fused-ring (bicyclic) bond motifs is 1. The minimum absolute atomic E-state index is 0.137. The molecule has 2 aromatic carbocycles. The summed E-state index contributed by atoms with van der Waals surface area (Å²) in [5.41, 5.74) is 4.31. The van der Waals surface area contributed by atoms with Crippen LogP contribution in [-0.4, -0.2) is 23.4 Å². The van der Waals surface area contributed by atoms with E-state index in [1.165, 1.54) is 6.21 Å². The molecule has 0 aliphatic rings. The first-order valence-corrected chi connectivity index (χ1v) is 6.78. The molecule has 5 heteroatoms. The van der Waals surface area contributed by atoms with E-state index in [2.05, 4.69) is 15.5 Å². The molecule has 0 spiro atoms. The summed E-state index contributed by atoms with van der Waals surface area (Å²) in [7, 11) is 1.57. The molecule has 0 aliphatic heterocycles. The lowest BCUT2D eigenvalue weighted by Crippen LogP contribution is -1.94. The van der Waals surface area contributed by atoms with Gasteiger partial charge in [0.15, 0.2) is 0 Å². The SMILES string of the molecule is COc1ccc(O)c(/C=N/Nc2ccc3ccccc3n2)c1. The molecule has 22 heavy (non-hydrogen) atoms. The highest BCUT2D eigenvalue weighted by atomic mass is 16.5. The van der Waals surface area contributed by atoms with E-state index in [9.17, 15) is 5.11 Å². The lowest BCUT2D eigenvalue weighted by molar-refractivity contribution is 0.412. The number of para-hydroxylation sites is 1. The van der Waals surface area contributed by atoms with E-state index in [1.54, 1.807) is 25.3 Å². The Balaban J connectivity index is 1.78. The van der Waals surface area contributed by atoms with Crippen LogP contribution in [0.2, 0.25) is 0 Å². The first kappa shape index (κ1) is 13.9. The summed E-state index contributed by atoms with van der Waals surface area (Å²) in [4.78, 5) is 4.45. The number of hydrogen-bond donors (Lipinski definition) is 2. The Morgan fingerprint density at radius 1 is 1.14 bits per heavy atom. The first-order valence-electron chi connectivity index (χ1n) is 6.78. The third-order valence-electron chi connectivity index (χ3n) is 3.22. The topological polar surface area (TPSA) is 66.7 Å². The van der Waals surface area contributed by atoms with Crippen LogP contribution in [0.25, 0.3) is 10.9 Å². The number of ether oxygens (including phenoxy) is 1. The minimum Gasteiger partial charge on any atom is -0.507 e. The zero-order valence-electron chi connectivity index (χ0n) is 12.0. The van der Waals surface area contributed by atoms with Crippen LogP contribution >= 0.6 is 0 Å². The highest BCUT2D eigenvalue weighted by Gasteiger charge is 2.01. The van der Waals surface area contributed by atoms with Gasteiger partial charge in [-0.3, -0.25) is 5.43 Å². The molecule has 2 N–H and O–H groups in total. The number of hydrazone groups is 1. The molecular formula is C17H15N3O2. The van der Waals surface area contributed by atoms with Gasteiger partial charge in [0.2, 0.25) is 0 Å². The van der Waals surface area contributed by atoms with E-state index in [0.717, 1.165) is 10.9 Å². The van der Waals surface area contributed by atoms with Gasteiger partial charge in [-0.15, -0.1) is 0 Å². The maximum atomic E-state index is 9.78. The quantitative estimate of drug-likeness (QED) is 0.571. The fraction of sp³-hybridized carbons (Fsp3) is 0.0588. The van der Waals surface area contributed by atoms with Crippen molar-refractivity contribution in [1.29, 1.82) is 0 Å². The van der Waals surface area contributed by atoms with Crippen LogP contribution in [0.1, 0.15) is 5.56 Å². The number of aromatic nitrogens is 1. The molecular weight excluding hydrogens is 278 g/mol. The number of rotatable bonds is 4. The summed E-state index contributed by atoms with van der Waals surface area (Å²) in [5, 5.41) is 15.0. The van der Waals surface area contributed by atoms with E-state index in [1.807, 2.05) is 36.4 Å². The first-order chi connectivity index (χ1) is 10.8. The second kappa shape index (κ2) is 6.13. The van der Waals surface area contributed by atoms with Gasteiger partial charge in [0.25, 0.3) is 0 Å². The zero-order chi connectivity index (χ0) is 15.4. The van der Waals surface area contributed by atoms with Gasteiger partial charge < -0.3 is 9.84 Å². The predicted molar refractivity (Wildman–Crippen MR) is 87.6 cm³/mol. The molecule has 0 fully saturated rings. The van der Waals surface area contributed by atoms with Crippen LogP contribution in [-0.2, 0) is 0 Å². The highest BCUT2D eigenvalue weighted by Crippen LogP contribution is 2.21. The van der Waals surface area contributed by atoms with Gasteiger partial charge in [-0.05, 0) is 36.4 Å². The van der Waals surface area contributed by atoms with Crippen molar-refractivity contribution < 1.29 is 9.84 Å². The Morgan fingerprint density at radius 3 is 2.86 bits per heavy atom. The summed E-state index contributed by atoms with van der Waals surface area (Å²) in [5.74, 6) is 1.43. The van der Waals surface area contributed by atoms with Crippen molar-refractivity contribution in [2.45, 2.75) is 0 Å².